The first-order valence-corrected chi connectivity index (χ1v) is 7.03. The summed E-state index contributed by atoms with van der Waals surface area (Å²) in [6.45, 7) is 0. The Hall–Kier alpha value is -1.12. The van der Waals surface area contributed by atoms with E-state index in [0.29, 0.717) is 5.92 Å². The Morgan fingerprint density at radius 3 is 2.72 bits per heavy atom. The highest BCUT2D eigenvalue weighted by atomic mass is 79.9. The molecule has 0 radical (unpaired) electrons. The van der Waals surface area contributed by atoms with Gasteiger partial charge in [-0.05, 0) is 47.6 Å². The van der Waals surface area contributed by atoms with Gasteiger partial charge in [-0.3, -0.25) is 0 Å². The molecule has 1 nitrogen and oxygen atoms in total. The summed E-state index contributed by atoms with van der Waals surface area (Å²) in [5, 5.41) is 10.4. The Balaban J connectivity index is 1.81. The van der Waals surface area contributed by atoms with E-state index in [1.54, 1.807) is 0 Å². The third-order valence-corrected chi connectivity index (χ3v) is 4.18. The lowest BCUT2D eigenvalue weighted by molar-refractivity contribution is 0.123. The van der Waals surface area contributed by atoms with Crippen LogP contribution in [0.2, 0.25) is 0 Å². The largest absolute Gasteiger partial charge is 0.388 e. The first kappa shape index (κ1) is 11.9. The minimum atomic E-state index is -0.319. The second-order valence-electron chi connectivity index (χ2n) is 4.94. The lowest BCUT2D eigenvalue weighted by Gasteiger charge is -2.15. The molecule has 92 valence electrons. The molecule has 2 aromatic carbocycles. The summed E-state index contributed by atoms with van der Waals surface area (Å²) in [7, 11) is 0. The van der Waals surface area contributed by atoms with E-state index in [0.717, 1.165) is 22.9 Å². The SMILES string of the molecule is OC1c2ccccc2CC1Cc1cccc(Br)c1. The van der Waals surface area contributed by atoms with Crippen LogP contribution in [0, 0.1) is 5.92 Å². The van der Waals surface area contributed by atoms with Gasteiger partial charge in [0.25, 0.3) is 0 Å². The monoisotopic (exact) mass is 302 g/mol. The molecule has 0 aliphatic heterocycles. The minimum Gasteiger partial charge on any atom is -0.388 e. The highest BCUT2D eigenvalue weighted by Crippen LogP contribution is 2.37. The first-order chi connectivity index (χ1) is 8.74. The minimum absolute atomic E-state index is 0.302. The highest BCUT2D eigenvalue weighted by molar-refractivity contribution is 9.10. The summed E-state index contributed by atoms with van der Waals surface area (Å²) in [5.41, 5.74) is 3.68. The highest BCUT2D eigenvalue weighted by Gasteiger charge is 2.30. The third-order valence-electron chi connectivity index (χ3n) is 3.69. The molecule has 18 heavy (non-hydrogen) atoms. The van der Waals surface area contributed by atoms with Crippen molar-refractivity contribution in [1.82, 2.24) is 0 Å². The standard InChI is InChI=1S/C16H15BrO/c17-14-6-3-4-11(9-14)8-13-10-12-5-1-2-7-15(12)16(13)18/h1-7,9,13,16,18H,8,10H2. The molecule has 0 spiro atoms. The molecule has 1 aliphatic carbocycles. The number of halogens is 1. The summed E-state index contributed by atoms with van der Waals surface area (Å²) in [6.07, 6.45) is 1.58. The molecular formula is C16H15BrO. The molecule has 2 aromatic rings. The first-order valence-electron chi connectivity index (χ1n) is 6.24. The van der Waals surface area contributed by atoms with Gasteiger partial charge in [-0.2, -0.15) is 0 Å². The Kier molecular flexibility index (Phi) is 3.23. The van der Waals surface area contributed by atoms with Gasteiger partial charge < -0.3 is 5.11 Å². The molecule has 0 amide bonds. The van der Waals surface area contributed by atoms with Crippen LogP contribution in [0.3, 0.4) is 0 Å². The fraction of sp³-hybridized carbons (Fsp3) is 0.250. The summed E-state index contributed by atoms with van der Waals surface area (Å²) >= 11 is 3.49. The van der Waals surface area contributed by atoms with Crippen molar-refractivity contribution < 1.29 is 5.11 Å². The molecule has 2 atom stereocenters. The van der Waals surface area contributed by atoms with Gasteiger partial charge in [0.2, 0.25) is 0 Å². The van der Waals surface area contributed by atoms with Gasteiger partial charge in [0.1, 0.15) is 0 Å². The van der Waals surface area contributed by atoms with Crippen LogP contribution >= 0.6 is 15.9 Å². The Morgan fingerprint density at radius 2 is 1.94 bits per heavy atom. The maximum Gasteiger partial charge on any atom is 0.0827 e. The molecule has 0 saturated heterocycles. The average Bonchev–Trinajstić information content (AvgIpc) is 2.67. The second kappa shape index (κ2) is 4.87. The van der Waals surface area contributed by atoms with Crippen molar-refractivity contribution in [3.63, 3.8) is 0 Å². The third kappa shape index (κ3) is 2.23. The Bertz CT molecular complexity index is 565. The zero-order valence-electron chi connectivity index (χ0n) is 10.0. The fourth-order valence-corrected chi connectivity index (χ4v) is 3.25. The Labute approximate surface area is 116 Å². The molecule has 0 aromatic heterocycles. The van der Waals surface area contributed by atoms with E-state index in [1.807, 2.05) is 30.3 Å². The van der Waals surface area contributed by atoms with E-state index in [4.69, 9.17) is 0 Å². The Morgan fingerprint density at radius 1 is 1.11 bits per heavy atom. The van der Waals surface area contributed by atoms with Crippen LogP contribution in [-0.2, 0) is 12.8 Å². The molecule has 1 N–H and O–H groups in total. The van der Waals surface area contributed by atoms with Crippen molar-refractivity contribution in [2.24, 2.45) is 5.92 Å². The zero-order valence-corrected chi connectivity index (χ0v) is 11.6. The van der Waals surface area contributed by atoms with Crippen LogP contribution in [0.25, 0.3) is 0 Å². The summed E-state index contributed by atoms with van der Waals surface area (Å²) < 4.78 is 1.10. The molecule has 2 heteroatoms. The zero-order chi connectivity index (χ0) is 12.5. The van der Waals surface area contributed by atoms with Gasteiger partial charge in [-0.1, -0.05) is 52.3 Å². The van der Waals surface area contributed by atoms with E-state index < -0.39 is 0 Å². The molecule has 0 saturated carbocycles. The van der Waals surface area contributed by atoms with Crippen LogP contribution < -0.4 is 0 Å². The predicted octanol–water partition coefficient (Wildman–Crippen LogP) is 3.90. The van der Waals surface area contributed by atoms with Crippen molar-refractivity contribution in [3.05, 3.63) is 69.7 Å². The summed E-state index contributed by atoms with van der Waals surface area (Å²) in [4.78, 5) is 0. The maximum atomic E-state index is 10.4. The van der Waals surface area contributed by atoms with Gasteiger partial charge in [0.05, 0.1) is 6.10 Å². The normalized spacial score (nSPS) is 21.9. The number of benzene rings is 2. The van der Waals surface area contributed by atoms with Crippen LogP contribution in [0.4, 0.5) is 0 Å². The number of aliphatic hydroxyl groups is 1. The van der Waals surface area contributed by atoms with Crippen molar-refractivity contribution >= 4 is 15.9 Å². The topological polar surface area (TPSA) is 20.2 Å². The molecule has 2 unspecified atom stereocenters. The molecule has 0 heterocycles. The van der Waals surface area contributed by atoms with Crippen LogP contribution in [-0.4, -0.2) is 5.11 Å². The van der Waals surface area contributed by atoms with Gasteiger partial charge in [0, 0.05) is 4.47 Å². The summed E-state index contributed by atoms with van der Waals surface area (Å²) in [6, 6.07) is 16.6. The van der Waals surface area contributed by atoms with E-state index in [9.17, 15) is 5.11 Å². The van der Waals surface area contributed by atoms with Crippen LogP contribution in [0.5, 0.6) is 0 Å². The van der Waals surface area contributed by atoms with Gasteiger partial charge in [-0.25, -0.2) is 0 Å². The molecule has 0 fully saturated rings. The lowest BCUT2D eigenvalue weighted by atomic mass is 9.95. The van der Waals surface area contributed by atoms with Crippen LogP contribution in [0.15, 0.2) is 53.0 Å². The second-order valence-corrected chi connectivity index (χ2v) is 5.86. The maximum absolute atomic E-state index is 10.4. The van der Waals surface area contributed by atoms with E-state index >= 15 is 0 Å². The number of rotatable bonds is 2. The quantitative estimate of drug-likeness (QED) is 0.892. The van der Waals surface area contributed by atoms with Crippen molar-refractivity contribution in [2.45, 2.75) is 18.9 Å². The number of hydrogen-bond donors (Lipinski definition) is 1. The van der Waals surface area contributed by atoms with Crippen LogP contribution in [0.1, 0.15) is 22.8 Å². The molecule has 3 rings (SSSR count). The van der Waals surface area contributed by atoms with E-state index in [2.05, 4.69) is 34.1 Å². The van der Waals surface area contributed by atoms with E-state index in [1.165, 1.54) is 11.1 Å². The molecule has 1 aliphatic rings. The number of fused-ring (bicyclic) bond motifs is 1. The molecular weight excluding hydrogens is 288 g/mol. The van der Waals surface area contributed by atoms with Gasteiger partial charge >= 0.3 is 0 Å². The predicted molar refractivity (Wildman–Crippen MR) is 76.4 cm³/mol. The van der Waals surface area contributed by atoms with Gasteiger partial charge in [0.15, 0.2) is 0 Å². The summed E-state index contributed by atoms with van der Waals surface area (Å²) in [5.74, 6) is 0.302. The van der Waals surface area contributed by atoms with Crippen molar-refractivity contribution in [3.8, 4) is 0 Å². The average molecular weight is 303 g/mol. The van der Waals surface area contributed by atoms with E-state index in [-0.39, 0.29) is 6.10 Å². The molecule has 0 bridgehead atoms. The van der Waals surface area contributed by atoms with Crippen molar-refractivity contribution in [1.29, 1.82) is 0 Å². The fourth-order valence-electron chi connectivity index (χ4n) is 2.81. The lowest BCUT2D eigenvalue weighted by Crippen LogP contribution is -2.10. The number of aliphatic hydroxyl groups excluding tert-OH is 1. The smallest absolute Gasteiger partial charge is 0.0827 e. The van der Waals surface area contributed by atoms with Gasteiger partial charge in [-0.15, -0.1) is 0 Å². The van der Waals surface area contributed by atoms with Crippen molar-refractivity contribution in [2.75, 3.05) is 0 Å². The number of hydrogen-bond acceptors (Lipinski definition) is 1.